The van der Waals surface area contributed by atoms with E-state index in [2.05, 4.69) is 21.3 Å². The van der Waals surface area contributed by atoms with Crippen LogP contribution in [0.25, 0.3) is 0 Å². The van der Waals surface area contributed by atoms with E-state index in [1.54, 1.807) is 11.3 Å². The van der Waals surface area contributed by atoms with Gasteiger partial charge in [0.1, 0.15) is 5.82 Å². The highest BCUT2D eigenvalue weighted by molar-refractivity contribution is 7.14. The summed E-state index contributed by atoms with van der Waals surface area (Å²) in [6, 6.07) is 8.11. The number of halogens is 2. The first kappa shape index (κ1) is 23.3. The Bertz CT molecular complexity index is 850. The van der Waals surface area contributed by atoms with Gasteiger partial charge in [0, 0.05) is 43.7 Å². The van der Waals surface area contributed by atoms with Crippen molar-refractivity contribution in [1.82, 2.24) is 15.2 Å². The van der Waals surface area contributed by atoms with Gasteiger partial charge in [-0.2, -0.15) is 0 Å². The molecule has 1 N–H and O–H groups in total. The van der Waals surface area contributed by atoms with Crippen LogP contribution in [0.1, 0.15) is 33.0 Å². The van der Waals surface area contributed by atoms with Crippen LogP contribution in [-0.4, -0.2) is 61.7 Å². The summed E-state index contributed by atoms with van der Waals surface area (Å²) < 4.78 is 6.26. The topological polar surface area (TPSA) is 57.7 Å². The van der Waals surface area contributed by atoms with Gasteiger partial charge in [-0.15, -0.1) is 36.2 Å². The zero-order chi connectivity index (χ0) is 19.0. The van der Waals surface area contributed by atoms with Crippen LogP contribution in [-0.2, 0) is 16.8 Å². The molecular weight excluding hydrogens is 443 g/mol. The van der Waals surface area contributed by atoms with Gasteiger partial charge in [-0.05, 0) is 49.7 Å². The second-order valence-electron chi connectivity index (χ2n) is 7.76. The lowest BCUT2D eigenvalue weighted by Crippen LogP contribution is -2.48. The zero-order valence-corrected chi connectivity index (χ0v) is 19.3. The molecule has 9 heteroatoms. The van der Waals surface area contributed by atoms with Gasteiger partial charge in [0.25, 0.3) is 5.91 Å². The largest absolute Gasteiger partial charge is 0.370 e. The molecule has 5 heterocycles. The lowest BCUT2D eigenvalue weighted by Gasteiger charge is -2.40. The highest BCUT2D eigenvalue weighted by atomic mass is 35.5. The average molecular weight is 471 g/mol. The number of nitrogens with one attached hydrogen (secondary N) is 1. The van der Waals surface area contributed by atoms with Crippen LogP contribution >= 0.6 is 36.2 Å². The van der Waals surface area contributed by atoms with E-state index in [4.69, 9.17) is 4.74 Å². The van der Waals surface area contributed by atoms with E-state index < -0.39 is 0 Å². The third-order valence-corrected chi connectivity index (χ3v) is 7.35. The number of carbonyl (C=O) groups excluding carboxylic acids is 1. The normalized spacial score (nSPS) is 20.1. The standard InChI is InChI=1S/C21H26N4O2S.2ClH/c26-20(25-12-10-24(11-13-25)19-3-1-2-7-23-19)18-15-16-17(28-18)4-14-27-21(16)5-8-22-9-6-21;;/h1-3,7,15,22H,4-6,8-14H2;2*1H. The van der Waals surface area contributed by atoms with Crippen LogP contribution in [0.4, 0.5) is 5.82 Å². The van der Waals surface area contributed by atoms with Crippen molar-refractivity contribution in [3.8, 4) is 0 Å². The molecule has 2 fully saturated rings. The van der Waals surface area contributed by atoms with Crippen LogP contribution in [0.5, 0.6) is 0 Å². The van der Waals surface area contributed by atoms with Crippen molar-refractivity contribution in [2.45, 2.75) is 24.9 Å². The van der Waals surface area contributed by atoms with Crippen molar-refractivity contribution >= 4 is 47.9 Å². The predicted molar refractivity (Wildman–Crippen MR) is 125 cm³/mol. The van der Waals surface area contributed by atoms with Crippen LogP contribution in [0.3, 0.4) is 0 Å². The van der Waals surface area contributed by atoms with Crippen molar-refractivity contribution < 1.29 is 9.53 Å². The molecule has 0 aliphatic carbocycles. The lowest BCUT2D eigenvalue weighted by molar-refractivity contribution is -0.0792. The number of nitrogens with zero attached hydrogens (tertiary/aromatic N) is 3. The van der Waals surface area contributed by atoms with Gasteiger partial charge in [0.05, 0.1) is 17.1 Å². The monoisotopic (exact) mass is 470 g/mol. The lowest BCUT2D eigenvalue weighted by atomic mass is 9.83. The molecule has 1 spiro atoms. The summed E-state index contributed by atoms with van der Waals surface area (Å²) in [5.41, 5.74) is 1.10. The molecule has 6 nitrogen and oxygen atoms in total. The zero-order valence-electron chi connectivity index (χ0n) is 16.8. The highest BCUT2D eigenvalue weighted by Gasteiger charge is 2.41. The van der Waals surface area contributed by atoms with Gasteiger partial charge in [0.15, 0.2) is 0 Å². The molecular formula is C21H28Cl2N4O2S. The van der Waals surface area contributed by atoms with Crippen LogP contribution in [0, 0.1) is 0 Å². The number of fused-ring (bicyclic) bond motifs is 2. The maximum Gasteiger partial charge on any atom is 0.264 e. The highest BCUT2D eigenvalue weighted by Crippen LogP contribution is 2.43. The van der Waals surface area contributed by atoms with Crippen molar-refractivity contribution in [1.29, 1.82) is 0 Å². The van der Waals surface area contributed by atoms with Crippen LogP contribution in [0.15, 0.2) is 30.5 Å². The smallest absolute Gasteiger partial charge is 0.264 e. The van der Waals surface area contributed by atoms with Crippen molar-refractivity contribution in [2.24, 2.45) is 0 Å². The predicted octanol–water partition coefficient (Wildman–Crippen LogP) is 3.10. The minimum absolute atomic E-state index is 0. The van der Waals surface area contributed by atoms with Gasteiger partial charge in [-0.25, -0.2) is 4.98 Å². The van der Waals surface area contributed by atoms with Crippen molar-refractivity contribution in [3.63, 3.8) is 0 Å². The third-order valence-electron chi connectivity index (χ3n) is 6.17. The Morgan fingerprint density at radius 1 is 1.13 bits per heavy atom. The Kier molecular flexibility index (Phi) is 7.63. The van der Waals surface area contributed by atoms with Gasteiger partial charge >= 0.3 is 0 Å². The van der Waals surface area contributed by atoms with Gasteiger partial charge in [-0.1, -0.05) is 6.07 Å². The first-order chi connectivity index (χ1) is 13.8. The summed E-state index contributed by atoms with van der Waals surface area (Å²) in [4.78, 5) is 24.1. The molecule has 5 rings (SSSR count). The number of anilines is 1. The van der Waals surface area contributed by atoms with Gasteiger partial charge in [-0.3, -0.25) is 4.79 Å². The number of carbonyl (C=O) groups is 1. The SMILES string of the molecule is Cl.Cl.O=C(c1cc2c(s1)CCOC21CCNCC1)N1CCN(c2ccccn2)CC1. The molecule has 3 aliphatic rings. The van der Waals surface area contributed by atoms with Crippen molar-refractivity contribution in [3.05, 3.63) is 45.8 Å². The summed E-state index contributed by atoms with van der Waals surface area (Å²) >= 11 is 1.68. The number of ether oxygens (including phenoxy) is 1. The number of pyridine rings is 1. The molecule has 1 amide bonds. The number of aromatic nitrogens is 1. The van der Waals surface area contributed by atoms with E-state index in [1.165, 1.54) is 10.4 Å². The van der Waals surface area contributed by atoms with Gasteiger partial charge < -0.3 is 19.9 Å². The first-order valence-electron chi connectivity index (χ1n) is 10.2. The Balaban J connectivity index is 0.00000128. The number of rotatable bonds is 2. The summed E-state index contributed by atoms with van der Waals surface area (Å²) in [5.74, 6) is 1.16. The fraction of sp³-hybridized carbons (Fsp3) is 0.524. The van der Waals surface area contributed by atoms with E-state index in [1.807, 2.05) is 29.3 Å². The third kappa shape index (κ3) is 4.32. The number of hydrogen-bond donors (Lipinski definition) is 1. The summed E-state index contributed by atoms with van der Waals surface area (Å²) in [7, 11) is 0. The molecule has 0 unspecified atom stereocenters. The Hall–Kier alpha value is -1.38. The molecule has 3 aliphatic heterocycles. The molecule has 0 atom stereocenters. The Labute approximate surface area is 193 Å². The molecule has 2 aromatic rings. The average Bonchev–Trinajstić information content (AvgIpc) is 3.21. The van der Waals surface area contributed by atoms with Crippen LogP contribution in [0.2, 0.25) is 0 Å². The summed E-state index contributed by atoms with van der Waals surface area (Å²) in [6.45, 7) is 5.86. The minimum Gasteiger partial charge on any atom is -0.370 e. The molecule has 0 aromatic carbocycles. The first-order valence-corrected chi connectivity index (χ1v) is 11.0. The fourth-order valence-electron chi connectivity index (χ4n) is 4.60. The molecule has 30 heavy (non-hydrogen) atoms. The fourth-order valence-corrected chi connectivity index (χ4v) is 5.80. The number of hydrogen-bond acceptors (Lipinski definition) is 6. The second-order valence-corrected chi connectivity index (χ2v) is 8.89. The molecule has 0 radical (unpaired) electrons. The molecule has 2 saturated heterocycles. The summed E-state index contributed by atoms with van der Waals surface area (Å²) in [5, 5.41) is 3.42. The maximum absolute atomic E-state index is 13.2. The Morgan fingerprint density at radius 2 is 1.90 bits per heavy atom. The van der Waals surface area contributed by atoms with E-state index in [9.17, 15) is 4.79 Å². The van der Waals surface area contributed by atoms with E-state index >= 15 is 0 Å². The number of piperazine rings is 1. The van der Waals surface area contributed by atoms with E-state index in [0.717, 1.165) is 75.8 Å². The molecule has 0 saturated carbocycles. The number of amides is 1. The van der Waals surface area contributed by atoms with Crippen molar-refractivity contribution in [2.75, 3.05) is 50.8 Å². The quantitative estimate of drug-likeness (QED) is 0.730. The number of thiophene rings is 1. The van der Waals surface area contributed by atoms with Crippen LogP contribution < -0.4 is 10.2 Å². The number of piperidine rings is 1. The summed E-state index contributed by atoms with van der Waals surface area (Å²) in [6.07, 6.45) is 4.73. The molecule has 2 aromatic heterocycles. The maximum atomic E-state index is 13.2. The van der Waals surface area contributed by atoms with E-state index in [-0.39, 0.29) is 36.3 Å². The molecule has 164 valence electrons. The minimum atomic E-state index is -0.175. The van der Waals surface area contributed by atoms with E-state index in [0.29, 0.717) is 0 Å². The molecule has 0 bridgehead atoms. The second kappa shape index (κ2) is 9.83. The Morgan fingerprint density at radius 3 is 2.60 bits per heavy atom. The van der Waals surface area contributed by atoms with Gasteiger partial charge in [0.2, 0.25) is 0 Å².